The Morgan fingerprint density at radius 1 is 1.37 bits per heavy atom. The third-order valence-electron chi connectivity index (χ3n) is 4.12. The van der Waals surface area contributed by atoms with Crippen molar-refractivity contribution in [1.29, 1.82) is 0 Å². The molecule has 0 spiro atoms. The number of thioether (sulfide) groups is 1. The summed E-state index contributed by atoms with van der Waals surface area (Å²) in [5.74, 6) is -1.75. The first-order valence-electron chi connectivity index (χ1n) is 8.23. The van der Waals surface area contributed by atoms with Gasteiger partial charge in [-0.3, -0.25) is 4.79 Å². The normalized spacial score (nSPS) is 16.7. The topological polar surface area (TPSA) is 82.5 Å². The number of carbonyl (C=O) groups excluding carboxylic acids is 1. The minimum absolute atomic E-state index is 0.0177. The molecule has 6 nitrogen and oxygen atoms in total. The molecule has 2 heterocycles. The second-order valence-corrected chi connectivity index (χ2v) is 8.17. The Kier molecular flexibility index (Phi) is 6.27. The number of nitrogens with zero attached hydrogens (tertiary/aromatic N) is 2. The number of anilines is 1. The smallest absolute Gasteiger partial charge is 0.355 e. The highest BCUT2D eigenvalue weighted by atomic mass is 32.2. The zero-order chi connectivity index (χ0) is 19.4. The second kappa shape index (κ2) is 8.66. The molecule has 144 valence electrons. The average molecular weight is 413 g/mol. The van der Waals surface area contributed by atoms with E-state index in [0.717, 1.165) is 6.07 Å². The minimum Gasteiger partial charge on any atom is -0.476 e. The molecule has 0 unspecified atom stereocenters. The molecule has 0 saturated carbocycles. The summed E-state index contributed by atoms with van der Waals surface area (Å²) in [5.41, 5.74) is 0.356. The summed E-state index contributed by atoms with van der Waals surface area (Å²) in [7, 11) is 0. The van der Waals surface area contributed by atoms with Gasteiger partial charge in [0, 0.05) is 48.4 Å². The Bertz CT molecular complexity index is 826. The molecule has 1 aliphatic rings. The molecule has 1 atom stereocenters. The number of amides is 1. The molecule has 1 amide bonds. The fraction of sp³-hybridized carbons (Fsp3) is 0.353. The average Bonchev–Trinajstić information content (AvgIpc) is 3.20. The van der Waals surface area contributed by atoms with Crippen molar-refractivity contribution < 1.29 is 23.5 Å². The van der Waals surface area contributed by atoms with E-state index in [4.69, 9.17) is 5.11 Å². The van der Waals surface area contributed by atoms with Crippen molar-refractivity contribution in [3.8, 4) is 0 Å². The van der Waals surface area contributed by atoms with Gasteiger partial charge in [0.1, 0.15) is 11.6 Å². The highest BCUT2D eigenvalue weighted by Crippen LogP contribution is 2.25. The van der Waals surface area contributed by atoms with Gasteiger partial charge >= 0.3 is 5.97 Å². The largest absolute Gasteiger partial charge is 0.476 e. The van der Waals surface area contributed by atoms with Gasteiger partial charge in [-0.2, -0.15) is 0 Å². The Labute approximate surface area is 162 Å². The van der Waals surface area contributed by atoms with Crippen LogP contribution in [0.4, 0.5) is 14.5 Å². The van der Waals surface area contributed by atoms with Crippen molar-refractivity contribution in [1.82, 2.24) is 9.88 Å². The maximum atomic E-state index is 13.3. The Hall–Kier alpha value is -2.20. The summed E-state index contributed by atoms with van der Waals surface area (Å²) >= 11 is 2.65. The molecule has 1 aliphatic heterocycles. The highest BCUT2D eigenvalue weighted by Gasteiger charge is 2.30. The van der Waals surface area contributed by atoms with E-state index in [2.05, 4.69) is 10.3 Å². The first-order valence-corrected chi connectivity index (χ1v) is 10.1. The van der Waals surface area contributed by atoms with E-state index in [1.165, 1.54) is 40.6 Å². The lowest BCUT2D eigenvalue weighted by Crippen LogP contribution is -2.39. The monoisotopic (exact) mass is 413 g/mol. The minimum atomic E-state index is -1.06. The first kappa shape index (κ1) is 19.6. The van der Waals surface area contributed by atoms with E-state index in [1.54, 1.807) is 4.90 Å². The van der Waals surface area contributed by atoms with Gasteiger partial charge < -0.3 is 15.3 Å². The van der Waals surface area contributed by atoms with Crippen LogP contribution in [0.25, 0.3) is 0 Å². The van der Waals surface area contributed by atoms with Gasteiger partial charge in [0.25, 0.3) is 0 Å². The van der Waals surface area contributed by atoms with Crippen molar-refractivity contribution in [3.05, 3.63) is 40.9 Å². The van der Waals surface area contributed by atoms with E-state index in [1.807, 2.05) is 0 Å². The third kappa shape index (κ3) is 5.16. The van der Waals surface area contributed by atoms with Gasteiger partial charge in [0.05, 0.1) is 0 Å². The number of carboxylic acid groups (broad SMARTS) is 1. The van der Waals surface area contributed by atoms with Crippen molar-refractivity contribution in [2.45, 2.75) is 23.2 Å². The van der Waals surface area contributed by atoms with Gasteiger partial charge in [0.2, 0.25) is 5.91 Å². The molecule has 0 aliphatic carbocycles. The molecular formula is C17H17F2N3O3S2. The molecule has 10 heteroatoms. The van der Waals surface area contributed by atoms with Crippen LogP contribution in [-0.4, -0.2) is 51.8 Å². The number of carbonyl (C=O) groups is 2. The Balaban J connectivity index is 1.51. The van der Waals surface area contributed by atoms with Crippen LogP contribution in [0.1, 0.15) is 23.3 Å². The molecule has 2 aromatic rings. The van der Waals surface area contributed by atoms with Crippen molar-refractivity contribution in [2.75, 3.05) is 24.2 Å². The molecular weight excluding hydrogens is 396 g/mol. The zero-order valence-electron chi connectivity index (χ0n) is 14.2. The van der Waals surface area contributed by atoms with Crippen molar-refractivity contribution >= 4 is 40.7 Å². The molecule has 3 rings (SSSR count). The molecule has 27 heavy (non-hydrogen) atoms. The number of hydrogen-bond acceptors (Lipinski definition) is 6. The molecule has 2 N–H and O–H groups in total. The van der Waals surface area contributed by atoms with Gasteiger partial charge in [-0.05, 0) is 18.6 Å². The van der Waals surface area contributed by atoms with Crippen LogP contribution in [0.2, 0.25) is 0 Å². The van der Waals surface area contributed by atoms with Gasteiger partial charge in [-0.1, -0.05) is 11.8 Å². The quantitative estimate of drug-likeness (QED) is 0.646. The summed E-state index contributed by atoms with van der Waals surface area (Å²) in [5, 5.41) is 13.4. The van der Waals surface area contributed by atoms with Crippen molar-refractivity contribution in [3.63, 3.8) is 0 Å². The fourth-order valence-electron chi connectivity index (χ4n) is 2.86. The zero-order valence-corrected chi connectivity index (χ0v) is 15.8. The van der Waals surface area contributed by atoms with E-state index >= 15 is 0 Å². The maximum Gasteiger partial charge on any atom is 0.355 e. The lowest BCUT2D eigenvalue weighted by atomic mass is 10.2. The number of aromatic carboxylic acids is 1. The molecule has 1 fully saturated rings. The summed E-state index contributed by atoms with van der Waals surface area (Å²) in [4.78, 5) is 28.7. The van der Waals surface area contributed by atoms with Crippen LogP contribution < -0.4 is 5.32 Å². The maximum absolute atomic E-state index is 13.3. The summed E-state index contributed by atoms with van der Waals surface area (Å²) in [6.07, 6.45) is 1.11. The van der Waals surface area contributed by atoms with E-state index in [0.29, 0.717) is 41.7 Å². The van der Waals surface area contributed by atoms with Crippen molar-refractivity contribution in [2.24, 2.45) is 0 Å². The fourth-order valence-corrected chi connectivity index (χ4v) is 4.67. The molecule has 1 saturated heterocycles. The number of halogens is 2. The number of hydrogen-bond donors (Lipinski definition) is 2. The first-order chi connectivity index (χ1) is 12.9. The van der Waals surface area contributed by atoms with Gasteiger partial charge in [-0.15, -0.1) is 11.3 Å². The summed E-state index contributed by atoms with van der Waals surface area (Å²) in [6.45, 7) is 0.898. The number of aromatic nitrogens is 1. The predicted molar refractivity (Wildman–Crippen MR) is 99.4 cm³/mol. The number of benzene rings is 1. The number of carboxylic acids is 1. The summed E-state index contributed by atoms with van der Waals surface area (Å²) < 4.78 is 27.2. The van der Waals surface area contributed by atoms with Crippen LogP contribution in [0.5, 0.6) is 0 Å². The number of likely N-dealkylation sites (tertiary alicyclic amines) is 1. The molecule has 1 aromatic heterocycles. The second-order valence-electron chi connectivity index (χ2n) is 5.97. The van der Waals surface area contributed by atoms with Crippen LogP contribution in [-0.2, 0) is 4.79 Å². The lowest BCUT2D eigenvalue weighted by Gasteiger charge is -2.25. The van der Waals surface area contributed by atoms with E-state index < -0.39 is 17.6 Å². The Morgan fingerprint density at radius 3 is 2.78 bits per heavy atom. The standard InChI is InChI=1S/C17H17F2N3O3S2/c18-10-5-11(19)7-12(6-10)20-8-13-1-2-15(23)22(13)3-4-26-17-21-14(9-27-17)16(24)25/h5-7,9,13,20H,1-4,8H2,(H,24,25)/t13-/m1/s1. The van der Waals surface area contributed by atoms with Crippen LogP contribution >= 0.6 is 23.1 Å². The van der Waals surface area contributed by atoms with Crippen LogP contribution in [0, 0.1) is 11.6 Å². The van der Waals surface area contributed by atoms with E-state index in [-0.39, 0.29) is 17.6 Å². The Morgan fingerprint density at radius 2 is 2.11 bits per heavy atom. The van der Waals surface area contributed by atoms with Crippen LogP contribution in [0.15, 0.2) is 27.9 Å². The predicted octanol–water partition coefficient (Wildman–Crippen LogP) is 3.31. The van der Waals surface area contributed by atoms with E-state index in [9.17, 15) is 18.4 Å². The van der Waals surface area contributed by atoms with Gasteiger partial charge in [-0.25, -0.2) is 18.6 Å². The lowest BCUT2D eigenvalue weighted by molar-refractivity contribution is -0.128. The molecule has 0 bridgehead atoms. The number of thiazole rings is 1. The van der Waals surface area contributed by atoms with Gasteiger partial charge in [0.15, 0.2) is 10.0 Å². The third-order valence-corrected chi connectivity index (χ3v) is 6.12. The number of rotatable bonds is 8. The highest BCUT2D eigenvalue weighted by molar-refractivity contribution is 8.01. The SMILES string of the molecule is O=C(O)c1csc(SCCN2C(=O)CC[C@@H]2CNc2cc(F)cc(F)c2)n1. The number of nitrogens with one attached hydrogen (secondary N) is 1. The molecule has 0 radical (unpaired) electrons. The van der Waals surface area contributed by atoms with Crippen LogP contribution in [0.3, 0.4) is 0 Å². The summed E-state index contributed by atoms with van der Waals surface area (Å²) in [6, 6.07) is 3.17. The molecule has 1 aromatic carbocycles.